The lowest BCUT2D eigenvalue weighted by molar-refractivity contribution is -0.128. The summed E-state index contributed by atoms with van der Waals surface area (Å²) in [5.41, 5.74) is 6.71. The molecule has 2 N–H and O–H groups in total. The molecule has 4 heterocycles. The standard InChI is InChI=1S/C26H32N6O4/c1-15(2)21-23(33)31(16-5-6-16)25(35)32(21)20-14-29-11-12-36-19-13-17(7-8-18(19)22(29)28-20)30-10-4-9-26(30,3)24(27)34/h7-8,13-16,21H,4-6,9-12H2,1-3H3,(H2,27,34)/t21?,26-/m0/s1. The van der Waals surface area contributed by atoms with Gasteiger partial charge in [-0.05, 0) is 50.7 Å². The number of urea groups is 1. The topological polar surface area (TPSA) is 114 Å². The number of amides is 4. The largest absolute Gasteiger partial charge is 0.491 e. The van der Waals surface area contributed by atoms with Gasteiger partial charge >= 0.3 is 6.03 Å². The first kappa shape index (κ1) is 22.9. The number of hydrogen-bond donors (Lipinski definition) is 1. The van der Waals surface area contributed by atoms with Crippen molar-refractivity contribution in [2.45, 2.75) is 70.6 Å². The number of carbonyl (C=O) groups excluding carboxylic acids is 3. The Morgan fingerprint density at radius 2 is 1.97 bits per heavy atom. The maximum Gasteiger partial charge on any atom is 0.333 e. The summed E-state index contributed by atoms with van der Waals surface area (Å²) in [6.45, 7) is 7.55. The van der Waals surface area contributed by atoms with Gasteiger partial charge in [-0.3, -0.25) is 19.4 Å². The molecule has 0 bridgehead atoms. The molecule has 10 heteroatoms. The van der Waals surface area contributed by atoms with E-state index < -0.39 is 11.6 Å². The van der Waals surface area contributed by atoms with Crippen LogP contribution in [0.25, 0.3) is 11.4 Å². The van der Waals surface area contributed by atoms with Gasteiger partial charge in [0.25, 0.3) is 5.91 Å². The molecule has 4 amide bonds. The molecule has 2 aromatic rings. The van der Waals surface area contributed by atoms with Gasteiger partial charge < -0.3 is 19.9 Å². The quantitative estimate of drug-likeness (QED) is 0.642. The second-order valence-corrected chi connectivity index (χ2v) is 10.8. The van der Waals surface area contributed by atoms with Crippen molar-refractivity contribution in [2.24, 2.45) is 11.7 Å². The van der Waals surface area contributed by atoms with E-state index in [9.17, 15) is 14.4 Å². The maximum absolute atomic E-state index is 13.4. The maximum atomic E-state index is 13.4. The molecule has 6 rings (SSSR count). The summed E-state index contributed by atoms with van der Waals surface area (Å²) in [7, 11) is 0. The fourth-order valence-corrected chi connectivity index (χ4v) is 5.85. The second kappa shape index (κ2) is 7.97. The minimum atomic E-state index is -0.730. The van der Waals surface area contributed by atoms with Crippen LogP contribution in [0, 0.1) is 5.92 Å². The number of rotatable bonds is 5. The number of ether oxygens (including phenoxy) is 1. The van der Waals surface area contributed by atoms with Crippen molar-refractivity contribution in [1.82, 2.24) is 14.5 Å². The summed E-state index contributed by atoms with van der Waals surface area (Å²) in [4.78, 5) is 48.7. The number of primary amides is 1. The van der Waals surface area contributed by atoms with E-state index in [0.717, 1.165) is 37.1 Å². The van der Waals surface area contributed by atoms with Crippen LogP contribution in [0.15, 0.2) is 24.4 Å². The fraction of sp³-hybridized carbons (Fsp3) is 0.538. The summed E-state index contributed by atoms with van der Waals surface area (Å²) in [5, 5.41) is 0. The first-order valence-corrected chi connectivity index (χ1v) is 12.8. The molecule has 10 nitrogen and oxygen atoms in total. The van der Waals surface area contributed by atoms with Crippen molar-refractivity contribution in [3.63, 3.8) is 0 Å². The summed E-state index contributed by atoms with van der Waals surface area (Å²) < 4.78 is 8.08. The Balaban J connectivity index is 1.37. The SMILES string of the molecule is CC(C)C1C(=O)N(C2CC2)C(=O)N1c1cn2c(n1)-c1ccc(N3CCC[C@@]3(C)C(N)=O)cc1OCC2. The van der Waals surface area contributed by atoms with Gasteiger partial charge in [0.05, 0.1) is 12.1 Å². The van der Waals surface area contributed by atoms with Crippen molar-refractivity contribution < 1.29 is 19.1 Å². The molecule has 2 atom stereocenters. The molecule has 2 saturated heterocycles. The zero-order valence-electron chi connectivity index (χ0n) is 20.9. The Bertz CT molecular complexity index is 1270. The molecule has 1 aliphatic carbocycles. The van der Waals surface area contributed by atoms with Gasteiger partial charge in [-0.15, -0.1) is 0 Å². The molecule has 36 heavy (non-hydrogen) atoms. The Kier molecular flexibility index (Phi) is 5.07. The normalized spacial score (nSPS) is 25.8. The van der Waals surface area contributed by atoms with Gasteiger partial charge in [0, 0.05) is 30.5 Å². The molecule has 4 aliphatic rings. The number of fused-ring (bicyclic) bond motifs is 3. The molecule has 1 unspecified atom stereocenters. The zero-order chi connectivity index (χ0) is 25.4. The number of benzene rings is 1. The minimum absolute atomic E-state index is 0.0147. The summed E-state index contributed by atoms with van der Waals surface area (Å²) in [5.74, 6) is 1.35. The van der Waals surface area contributed by atoms with Crippen molar-refractivity contribution in [3.8, 4) is 17.1 Å². The predicted molar refractivity (Wildman–Crippen MR) is 134 cm³/mol. The molecule has 0 radical (unpaired) electrons. The van der Waals surface area contributed by atoms with E-state index in [4.69, 9.17) is 15.5 Å². The van der Waals surface area contributed by atoms with E-state index in [1.54, 1.807) is 4.90 Å². The van der Waals surface area contributed by atoms with E-state index in [0.29, 0.717) is 37.0 Å². The van der Waals surface area contributed by atoms with Crippen LogP contribution in [0.5, 0.6) is 5.75 Å². The van der Waals surface area contributed by atoms with Crippen LogP contribution >= 0.6 is 0 Å². The van der Waals surface area contributed by atoms with Gasteiger partial charge in [0.2, 0.25) is 5.91 Å². The zero-order valence-corrected chi connectivity index (χ0v) is 20.9. The number of imide groups is 1. The molecule has 3 aliphatic heterocycles. The number of aromatic nitrogens is 2. The van der Waals surface area contributed by atoms with Gasteiger partial charge in [0.15, 0.2) is 5.82 Å². The van der Waals surface area contributed by atoms with Gasteiger partial charge in [-0.2, -0.15) is 0 Å². The third-order valence-corrected chi connectivity index (χ3v) is 8.01. The lowest BCUT2D eigenvalue weighted by Gasteiger charge is -2.34. The predicted octanol–water partition coefficient (Wildman–Crippen LogP) is 2.74. The monoisotopic (exact) mass is 492 g/mol. The fourth-order valence-electron chi connectivity index (χ4n) is 5.85. The van der Waals surface area contributed by atoms with Crippen molar-refractivity contribution >= 4 is 29.4 Å². The number of nitrogens with zero attached hydrogens (tertiary/aromatic N) is 5. The number of nitrogens with two attached hydrogens (primary N) is 1. The lowest BCUT2D eigenvalue weighted by atomic mass is 9.97. The van der Waals surface area contributed by atoms with Crippen LogP contribution in [-0.4, -0.2) is 63.1 Å². The van der Waals surface area contributed by atoms with Crippen LogP contribution in [0.1, 0.15) is 46.5 Å². The first-order valence-electron chi connectivity index (χ1n) is 12.8. The van der Waals surface area contributed by atoms with Gasteiger partial charge in [0.1, 0.15) is 29.8 Å². The Morgan fingerprint density at radius 1 is 1.19 bits per heavy atom. The van der Waals surface area contributed by atoms with Crippen molar-refractivity contribution in [2.75, 3.05) is 23.0 Å². The van der Waals surface area contributed by atoms with E-state index in [1.165, 1.54) is 4.90 Å². The van der Waals surface area contributed by atoms with Crippen molar-refractivity contribution in [3.05, 3.63) is 24.4 Å². The molecule has 3 fully saturated rings. The highest BCUT2D eigenvalue weighted by Crippen LogP contribution is 2.42. The number of imidazole rings is 1. The van der Waals surface area contributed by atoms with E-state index in [-0.39, 0.29) is 29.8 Å². The molecule has 1 aromatic heterocycles. The summed E-state index contributed by atoms with van der Waals surface area (Å²) in [6, 6.07) is 5.04. The lowest BCUT2D eigenvalue weighted by Crippen LogP contribution is -2.51. The average Bonchev–Trinajstić information content (AvgIpc) is 3.40. The molecular formula is C26H32N6O4. The number of carbonyl (C=O) groups is 3. The molecule has 0 spiro atoms. The highest BCUT2D eigenvalue weighted by Gasteiger charge is 2.53. The Morgan fingerprint density at radius 3 is 2.67 bits per heavy atom. The van der Waals surface area contributed by atoms with Crippen molar-refractivity contribution in [1.29, 1.82) is 0 Å². The van der Waals surface area contributed by atoms with Gasteiger partial charge in [-0.25, -0.2) is 9.78 Å². The first-order chi connectivity index (χ1) is 17.2. The Labute approximate surface area is 210 Å². The third-order valence-electron chi connectivity index (χ3n) is 8.01. The van der Waals surface area contributed by atoms with Crippen LogP contribution in [0.3, 0.4) is 0 Å². The smallest absolute Gasteiger partial charge is 0.333 e. The van der Waals surface area contributed by atoms with Gasteiger partial charge in [-0.1, -0.05) is 13.8 Å². The Hall–Kier alpha value is -3.56. The van der Waals surface area contributed by atoms with E-state index in [1.807, 2.05) is 49.7 Å². The third kappa shape index (κ3) is 3.30. The molecule has 1 saturated carbocycles. The van der Waals surface area contributed by atoms with E-state index >= 15 is 0 Å². The highest BCUT2D eigenvalue weighted by molar-refractivity contribution is 6.14. The summed E-state index contributed by atoms with van der Waals surface area (Å²) >= 11 is 0. The van der Waals surface area contributed by atoms with Crippen LogP contribution in [0.2, 0.25) is 0 Å². The molecular weight excluding hydrogens is 460 g/mol. The average molecular weight is 493 g/mol. The second-order valence-electron chi connectivity index (χ2n) is 10.8. The number of anilines is 2. The van der Waals surface area contributed by atoms with Crippen LogP contribution in [0.4, 0.5) is 16.3 Å². The van der Waals surface area contributed by atoms with Crippen LogP contribution < -0.4 is 20.3 Å². The summed E-state index contributed by atoms with van der Waals surface area (Å²) in [6.07, 6.45) is 5.20. The highest BCUT2D eigenvalue weighted by atomic mass is 16.5. The minimum Gasteiger partial charge on any atom is -0.491 e. The van der Waals surface area contributed by atoms with E-state index in [2.05, 4.69) is 4.90 Å². The van der Waals surface area contributed by atoms with Crippen LogP contribution in [-0.2, 0) is 16.1 Å². The molecule has 190 valence electrons. The molecule has 1 aromatic carbocycles. The number of hydrogen-bond acceptors (Lipinski definition) is 6.